The molecule has 0 aromatic heterocycles. The topological polar surface area (TPSA) is 88.0 Å². The molecule has 28 heavy (non-hydrogen) atoms. The van der Waals surface area contributed by atoms with Crippen LogP contribution in [0, 0.1) is 0 Å². The first-order chi connectivity index (χ1) is 13.4. The predicted molar refractivity (Wildman–Crippen MR) is 111 cm³/mol. The van der Waals surface area contributed by atoms with Crippen molar-refractivity contribution < 1.29 is 23.9 Å². The molecule has 3 N–H and O–H groups in total. The summed E-state index contributed by atoms with van der Waals surface area (Å²) < 4.78 is 22.3. The lowest BCUT2D eigenvalue weighted by Gasteiger charge is -2.18. The van der Waals surface area contributed by atoms with Gasteiger partial charge in [-0.25, -0.2) is 0 Å². The van der Waals surface area contributed by atoms with Gasteiger partial charge in [0, 0.05) is 18.8 Å². The molecule has 7 heteroatoms. The Kier molecular flexibility index (Phi) is 8.76. The first-order valence-corrected chi connectivity index (χ1v) is 10.8. The lowest BCUT2D eigenvalue weighted by atomic mass is 10.1. The Bertz CT molecular complexity index is 766. The highest BCUT2D eigenvalue weighted by Crippen LogP contribution is 2.25. The maximum absolute atomic E-state index is 11.6. The molecule has 0 amide bonds. The van der Waals surface area contributed by atoms with E-state index in [9.17, 15) is 14.4 Å². The largest absolute Gasteiger partial charge is 0.507 e. The summed E-state index contributed by atoms with van der Waals surface area (Å²) in [5.41, 5.74) is 1.25. The Morgan fingerprint density at radius 2 is 1.82 bits per heavy atom. The van der Waals surface area contributed by atoms with Crippen LogP contribution in [-0.2, 0) is 17.2 Å². The van der Waals surface area contributed by atoms with E-state index < -0.39 is 16.9 Å². The molecular weight excluding hydrogens is 378 g/mol. The van der Waals surface area contributed by atoms with Crippen LogP contribution < -0.4 is 14.8 Å². The minimum atomic E-state index is -1.31. The Morgan fingerprint density at radius 1 is 1.14 bits per heavy atom. The van der Waals surface area contributed by atoms with E-state index in [4.69, 9.17) is 9.47 Å². The van der Waals surface area contributed by atoms with Gasteiger partial charge in [0.25, 0.3) is 0 Å². The number of aromatic hydroxyl groups is 1. The standard InChI is InChI=1S/C21H29NO5S/c1-15(4-5-16-6-8-18(26-2)9-7-16)22-13-17(23)14-27-19-10-11-20(24)21(12-19)28(3)25/h6-12,15,17,22-24H,4-5,13-14H2,1-3H3. The number of nitrogens with one attached hydrogen (secondary N) is 1. The predicted octanol–water partition coefficient (Wildman–Crippen LogP) is 2.49. The smallest absolute Gasteiger partial charge is 0.131 e. The number of phenolic OH excluding ortho intramolecular Hbond substituents is 1. The van der Waals surface area contributed by atoms with Gasteiger partial charge in [0.2, 0.25) is 0 Å². The number of hydrogen-bond acceptors (Lipinski definition) is 6. The first kappa shape index (κ1) is 22.2. The highest BCUT2D eigenvalue weighted by atomic mass is 32.2. The number of phenols is 1. The van der Waals surface area contributed by atoms with Crippen LogP contribution in [0.2, 0.25) is 0 Å². The Hall–Kier alpha value is -2.09. The van der Waals surface area contributed by atoms with Crippen LogP contribution >= 0.6 is 0 Å². The molecule has 2 aromatic carbocycles. The van der Waals surface area contributed by atoms with Crippen LogP contribution in [0.1, 0.15) is 18.9 Å². The van der Waals surface area contributed by atoms with Gasteiger partial charge >= 0.3 is 0 Å². The van der Waals surface area contributed by atoms with E-state index in [0.717, 1.165) is 18.6 Å². The van der Waals surface area contributed by atoms with Crippen LogP contribution in [-0.4, -0.2) is 53.1 Å². The van der Waals surface area contributed by atoms with Crippen molar-refractivity contribution in [2.45, 2.75) is 36.8 Å². The molecule has 0 spiro atoms. The number of methoxy groups -OCH3 is 1. The minimum absolute atomic E-state index is 0.0268. The molecule has 2 aromatic rings. The maximum atomic E-state index is 11.6. The Labute approximate surface area is 169 Å². The molecule has 0 fully saturated rings. The highest BCUT2D eigenvalue weighted by Gasteiger charge is 2.11. The number of aliphatic hydroxyl groups excluding tert-OH is 1. The molecule has 0 radical (unpaired) electrons. The van der Waals surface area contributed by atoms with Crippen LogP contribution in [0.25, 0.3) is 0 Å². The third-order valence-electron chi connectivity index (χ3n) is 4.41. The van der Waals surface area contributed by atoms with Crippen molar-refractivity contribution >= 4 is 10.8 Å². The fourth-order valence-electron chi connectivity index (χ4n) is 2.68. The number of hydrogen-bond donors (Lipinski definition) is 3. The summed E-state index contributed by atoms with van der Waals surface area (Å²) in [5, 5.41) is 23.1. The van der Waals surface area contributed by atoms with Crippen LogP contribution in [0.15, 0.2) is 47.4 Å². The van der Waals surface area contributed by atoms with Gasteiger partial charge in [-0.1, -0.05) is 12.1 Å². The van der Waals surface area contributed by atoms with Crippen molar-refractivity contribution in [2.24, 2.45) is 0 Å². The van der Waals surface area contributed by atoms with Crippen molar-refractivity contribution in [3.63, 3.8) is 0 Å². The molecular formula is C21H29NO5S. The quantitative estimate of drug-likeness (QED) is 0.530. The van der Waals surface area contributed by atoms with Gasteiger partial charge in [0.1, 0.15) is 30.0 Å². The molecule has 0 saturated carbocycles. The van der Waals surface area contributed by atoms with E-state index in [1.807, 2.05) is 12.1 Å². The van der Waals surface area contributed by atoms with E-state index in [-0.39, 0.29) is 18.4 Å². The van der Waals surface area contributed by atoms with E-state index in [2.05, 4.69) is 24.4 Å². The second-order valence-electron chi connectivity index (χ2n) is 6.74. The minimum Gasteiger partial charge on any atom is -0.507 e. The third-order valence-corrected chi connectivity index (χ3v) is 5.36. The lowest BCUT2D eigenvalue weighted by molar-refractivity contribution is 0.103. The van der Waals surface area contributed by atoms with Gasteiger partial charge in [0.05, 0.1) is 22.8 Å². The second kappa shape index (κ2) is 11.0. The van der Waals surface area contributed by atoms with E-state index >= 15 is 0 Å². The third kappa shape index (κ3) is 7.14. The number of benzene rings is 2. The van der Waals surface area contributed by atoms with Gasteiger partial charge < -0.3 is 25.0 Å². The first-order valence-electron chi connectivity index (χ1n) is 9.22. The summed E-state index contributed by atoms with van der Waals surface area (Å²) in [4.78, 5) is 0.317. The Balaban J connectivity index is 1.70. The molecule has 0 saturated heterocycles. The van der Waals surface area contributed by atoms with Gasteiger partial charge in [-0.15, -0.1) is 0 Å². The zero-order chi connectivity index (χ0) is 20.5. The fourth-order valence-corrected chi connectivity index (χ4v) is 3.33. The summed E-state index contributed by atoms with van der Waals surface area (Å²) in [6, 6.07) is 12.8. The van der Waals surface area contributed by atoms with E-state index in [0.29, 0.717) is 17.2 Å². The van der Waals surface area contributed by atoms with E-state index in [1.54, 1.807) is 13.2 Å². The zero-order valence-corrected chi connectivity index (χ0v) is 17.4. The van der Waals surface area contributed by atoms with Gasteiger partial charge in [-0.05, 0) is 55.7 Å². The molecule has 0 aliphatic rings. The zero-order valence-electron chi connectivity index (χ0n) is 16.6. The average molecular weight is 408 g/mol. The van der Waals surface area contributed by atoms with Crippen molar-refractivity contribution in [1.29, 1.82) is 0 Å². The van der Waals surface area contributed by atoms with Crippen molar-refractivity contribution in [3.8, 4) is 17.2 Å². The summed E-state index contributed by atoms with van der Waals surface area (Å²) in [5.74, 6) is 1.29. The maximum Gasteiger partial charge on any atom is 0.131 e. The van der Waals surface area contributed by atoms with Crippen LogP contribution in [0.4, 0.5) is 0 Å². The highest BCUT2D eigenvalue weighted by molar-refractivity contribution is 7.84. The van der Waals surface area contributed by atoms with Crippen LogP contribution in [0.5, 0.6) is 17.2 Å². The second-order valence-corrected chi connectivity index (χ2v) is 8.09. The number of aryl methyl sites for hydroxylation is 1. The molecule has 0 aliphatic heterocycles. The number of aliphatic hydroxyl groups is 1. The van der Waals surface area contributed by atoms with Crippen molar-refractivity contribution in [1.82, 2.24) is 5.32 Å². The monoisotopic (exact) mass is 407 g/mol. The molecule has 6 nitrogen and oxygen atoms in total. The summed E-state index contributed by atoms with van der Waals surface area (Å²) in [6.07, 6.45) is 2.71. The fraction of sp³-hybridized carbons (Fsp3) is 0.429. The van der Waals surface area contributed by atoms with Crippen molar-refractivity contribution in [3.05, 3.63) is 48.0 Å². The van der Waals surface area contributed by atoms with Gasteiger partial charge in [-0.2, -0.15) is 0 Å². The molecule has 2 rings (SSSR count). The molecule has 0 aliphatic carbocycles. The van der Waals surface area contributed by atoms with Crippen molar-refractivity contribution in [2.75, 3.05) is 26.5 Å². The summed E-state index contributed by atoms with van der Waals surface area (Å²) in [7, 11) is 0.347. The lowest BCUT2D eigenvalue weighted by Crippen LogP contribution is -2.36. The van der Waals surface area contributed by atoms with Gasteiger partial charge in [0.15, 0.2) is 0 Å². The SMILES string of the molecule is COc1ccc(CCC(C)NCC(O)COc2ccc(O)c(S(C)=O)c2)cc1. The molecule has 154 valence electrons. The average Bonchev–Trinajstić information content (AvgIpc) is 2.70. The number of ether oxygens (including phenoxy) is 2. The molecule has 3 unspecified atom stereocenters. The summed E-state index contributed by atoms with van der Waals surface area (Å²) in [6.45, 7) is 2.60. The Morgan fingerprint density at radius 3 is 2.46 bits per heavy atom. The normalized spacial score (nSPS) is 14.3. The molecule has 0 heterocycles. The summed E-state index contributed by atoms with van der Waals surface area (Å²) >= 11 is 0. The van der Waals surface area contributed by atoms with Crippen LogP contribution in [0.3, 0.4) is 0 Å². The van der Waals surface area contributed by atoms with Gasteiger partial charge in [-0.3, -0.25) is 4.21 Å². The molecule has 0 bridgehead atoms. The molecule has 3 atom stereocenters. The number of rotatable bonds is 11. The van der Waals surface area contributed by atoms with E-state index in [1.165, 1.54) is 24.0 Å².